The summed E-state index contributed by atoms with van der Waals surface area (Å²) >= 11 is 0. The predicted molar refractivity (Wildman–Crippen MR) is 79.3 cm³/mol. The molecule has 1 saturated heterocycles. The first-order chi connectivity index (χ1) is 9.83. The van der Waals surface area contributed by atoms with Crippen LogP contribution in [0, 0.1) is 0 Å². The Hall–Kier alpha value is -2.14. The van der Waals surface area contributed by atoms with Gasteiger partial charge in [-0.2, -0.15) is 0 Å². The number of anilines is 2. The second kappa shape index (κ2) is 5.88. The molecule has 1 aromatic carbocycles. The lowest BCUT2D eigenvalue weighted by molar-refractivity contribution is 0.0903. The molecule has 20 heavy (non-hydrogen) atoms. The molecule has 0 radical (unpaired) electrons. The summed E-state index contributed by atoms with van der Waals surface area (Å²) in [7, 11) is 0. The van der Waals surface area contributed by atoms with Gasteiger partial charge in [-0.3, -0.25) is 0 Å². The number of rotatable bonds is 3. The summed E-state index contributed by atoms with van der Waals surface area (Å²) in [6.45, 7) is 1.60. The van der Waals surface area contributed by atoms with Gasteiger partial charge in [-0.05, 0) is 18.9 Å². The fraction of sp³-hybridized carbons (Fsp3) is 0.333. The maximum Gasteiger partial charge on any atom is 0.222 e. The fourth-order valence-electron chi connectivity index (χ4n) is 2.33. The van der Waals surface area contributed by atoms with Crippen molar-refractivity contribution in [3.05, 3.63) is 36.7 Å². The lowest BCUT2D eigenvalue weighted by atomic mass is 10.1. The third-order valence-corrected chi connectivity index (χ3v) is 3.48. The van der Waals surface area contributed by atoms with Crippen molar-refractivity contribution < 1.29 is 4.74 Å². The number of nitrogens with one attached hydrogen (secondary N) is 1. The summed E-state index contributed by atoms with van der Waals surface area (Å²) in [5, 5.41) is 3.34. The number of nitrogen functional groups attached to an aromatic ring is 1. The average molecular weight is 270 g/mol. The Kier molecular flexibility index (Phi) is 3.78. The summed E-state index contributed by atoms with van der Waals surface area (Å²) in [5.74, 6) is 0.662. The minimum Gasteiger partial charge on any atom is -0.398 e. The highest BCUT2D eigenvalue weighted by Crippen LogP contribution is 2.24. The molecule has 2 heterocycles. The molecule has 0 bridgehead atoms. The Morgan fingerprint density at radius 3 is 2.50 bits per heavy atom. The summed E-state index contributed by atoms with van der Waals surface area (Å²) in [6, 6.07) is 8.13. The van der Waals surface area contributed by atoms with E-state index in [9.17, 15) is 0 Å². The van der Waals surface area contributed by atoms with Crippen LogP contribution >= 0.6 is 0 Å². The second-order valence-corrected chi connectivity index (χ2v) is 4.91. The zero-order valence-corrected chi connectivity index (χ0v) is 11.2. The van der Waals surface area contributed by atoms with Crippen molar-refractivity contribution in [3.63, 3.8) is 0 Å². The summed E-state index contributed by atoms with van der Waals surface area (Å²) in [5.41, 5.74) is 8.59. The van der Waals surface area contributed by atoms with E-state index in [1.54, 1.807) is 12.4 Å². The van der Waals surface area contributed by atoms with Gasteiger partial charge in [0.1, 0.15) is 0 Å². The van der Waals surface area contributed by atoms with Crippen LogP contribution in [0.3, 0.4) is 0 Å². The first-order valence-electron chi connectivity index (χ1n) is 6.84. The molecule has 1 aromatic heterocycles. The zero-order valence-electron chi connectivity index (χ0n) is 11.2. The molecule has 5 heteroatoms. The standard InChI is InChI=1S/C15H18N4O/c16-14-4-2-1-3-13(14)11-9-17-15(18-10-11)19-12-5-7-20-8-6-12/h1-4,9-10,12H,5-8,16H2,(H,17,18,19). The number of aromatic nitrogens is 2. The quantitative estimate of drug-likeness (QED) is 0.837. The molecular weight excluding hydrogens is 252 g/mol. The largest absolute Gasteiger partial charge is 0.398 e. The predicted octanol–water partition coefficient (Wildman–Crippen LogP) is 2.32. The summed E-state index contributed by atoms with van der Waals surface area (Å²) in [4.78, 5) is 8.74. The lowest BCUT2D eigenvalue weighted by Crippen LogP contribution is -2.28. The minimum atomic E-state index is 0.399. The van der Waals surface area contributed by atoms with Gasteiger partial charge in [0.15, 0.2) is 0 Å². The van der Waals surface area contributed by atoms with E-state index in [1.165, 1.54) is 0 Å². The summed E-state index contributed by atoms with van der Waals surface area (Å²) in [6.07, 6.45) is 5.61. The number of hydrogen-bond donors (Lipinski definition) is 2. The number of nitrogens with zero attached hydrogens (tertiary/aromatic N) is 2. The molecule has 2 aromatic rings. The van der Waals surface area contributed by atoms with E-state index >= 15 is 0 Å². The molecule has 1 aliphatic rings. The number of para-hydroxylation sites is 1. The zero-order chi connectivity index (χ0) is 13.8. The third-order valence-electron chi connectivity index (χ3n) is 3.48. The molecule has 0 spiro atoms. The number of ether oxygens (including phenoxy) is 1. The molecule has 0 amide bonds. The molecule has 0 atom stereocenters. The van der Waals surface area contributed by atoms with E-state index in [-0.39, 0.29) is 0 Å². The van der Waals surface area contributed by atoms with Crippen molar-refractivity contribution in [1.29, 1.82) is 0 Å². The number of nitrogens with two attached hydrogens (primary N) is 1. The van der Waals surface area contributed by atoms with Crippen molar-refractivity contribution in [2.75, 3.05) is 24.3 Å². The van der Waals surface area contributed by atoms with E-state index in [1.807, 2.05) is 24.3 Å². The number of benzene rings is 1. The van der Waals surface area contributed by atoms with Crippen LogP contribution in [0.2, 0.25) is 0 Å². The summed E-state index contributed by atoms with van der Waals surface area (Å²) < 4.78 is 5.33. The van der Waals surface area contributed by atoms with Crippen LogP contribution in [0.5, 0.6) is 0 Å². The van der Waals surface area contributed by atoms with Crippen molar-refractivity contribution in [2.24, 2.45) is 0 Å². The maximum atomic E-state index is 5.95. The third kappa shape index (κ3) is 2.88. The molecule has 104 valence electrons. The Labute approximate surface area is 118 Å². The highest BCUT2D eigenvalue weighted by atomic mass is 16.5. The Balaban J connectivity index is 1.73. The van der Waals surface area contributed by atoms with Crippen molar-refractivity contribution in [1.82, 2.24) is 9.97 Å². The van der Waals surface area contributed by atoms with Crippen LogP contribution in [0.25, 0.3) is 11.1 Å². The molecule has 3 N–H and O–H groups in total. The topological polar surface area (TPSA) is 73.1 Å². The van der Waals surface area contributed by atoms with Gasteiger partial charge in [0.2, 0.25) is 5.95 Å². The van der Waals surface area contributed by atoms with E-state index in [0.29, 0.717) is 12.0 Å². The van der Waals surface area contributed by atoms with Gasteiger partial charge < -0.3 is 15.8 Å². The van der Waals surface area contributed by atoms with E-state index in [0.717, 1.165) is 42.9 Å². The van der Waals surface area contributed by atoms with Crippen molar-refractivity contribution >= 4 is 11.6 Å². The van der Waals surface area contributed by atoms with Gasteiger partial charge in [0.25, 0.3) is 0 Å². The van der Waals surface area contributed by atoms with Crippen LogP contribution in [-0.2, 0) is 4.74 Å². The van der Waals surface area contributed by atoms with Gasteiger partial charge in [-0.25, -0.2) is 9.97 Å². The molecule has 1 fully saturated rings. The monoisotopic (exact) mass is 270 g/mol. The molecule has 5 nitrogen and oxygen atoms in total. The van der Waals surface area contributed by atoms with Crippen LogP contribution in [0.1, 0.15) is 12.8 Å². The lowest BCUT2D eigenvalue weighted by Gasteiger charge is -2.22. The van der Waals surface area contributed by atoms with Crippen LogP contribution < -0.4 is 11.1 Å². The molecule has 0 saturated carbocycles. The van der Waals surface area contributed by atoms with E-state index in [2.05, 4.69) is 15.3 Å². The fourth-order valence-corrected chi connectivity index (χ4v) is 2.33. The average Bonchev–Trinajstić information content (AvgIpc) is 2.50. The van der Waals surface area contributed by atoms with Crippen molar-refractivity contribution in [3.8, 4) is 11.1 Å². The molecule has 0 aliphatic carbocycles. The normalized spacial score (nSPS) is 16.0. The van der Waals surface area contributed by atoms with Gasteiger partial charge in [0, 0.05) is 48.5 Å². The van der Waals surface area contributed by atoms with Gasteiger partial charge in [-0.1, -0.05) is 18.2 Å². The molecular formula is C15H18N4O. The van der Waals surface area contributed by atoms with Gasteiger partial charge in [0.05, 0.1) is 0 Å². The maximum absolute atomic E-state index is 5.95. The van der Waals surface area contributed by atoms with Gasteiger partial charge >= 0.3 is 0 Å². The highest BCUT2D eigenvalue weighted by molar-refractivity contribution is 5.75. The smallest absolute Gasteiger partial charge is 0.222 e. The van der Waals surface area contributed by atoms with Gasteiger partial charge in [-0.15, -0.1) is 0 Å². The molecule has 0 unspecified atom stereocenters. The Morgan fingerprint density at radius 2 is 1.80 bits per heavy atom. The van der Waals surface area contributed by atoms with E-state index in [4.69, 9.17) is 10.5 Å². The number of hydrogen-bond acceptors (Lipinski definition) is 5. The van der Waals surface area contributed by atoms with Crippen LogP contribution in [0.4, 0.5) is 11.6 Å². The molecule has 3 rings (SSSR count). The first-order valence-corrected chi connectivity index (χ1v) is 6.84. The van der Waals surface area contributed by atoms with E-state index < -0.39 is 0 Å². The SMILES string of the molecule is Nc1ccccc1-c1cnc(NC2CCOCC2)nc1. The highest BCUT2D eigenvalue weighted by Gasteiger charge is 2.14. The molecule has 1 aliphatic heterocycles. The second-order valence-electron chi connectivity index (χ2n) is 4.91. The first kappa shape index (κ1) is 12.9. The minimum absolute atomic E-state index is 0.399. The van der Waals surface area contributed by atoms with Crippen LogP contribution in [0.15, 0.2) is 36.7 Å². The Bertz CT molecular complexity index is 564. The Morgan fingerprint density at radius 1 is 1.10 bits per heavy atom. The van der Waals surface area contributed by atoms with Crippen LogP contribution in [-0.4, -0.2) is 29.2 Å². The van der Waals surface area contributed by atoms with Crippen molar-refractivity contribution in [2.45, 2.75) is 18.9 Å².